The molecular formula is C10H10N4O2. The van der Waals surface area contributed by atoms with E-state index in [1.54, 1.807) is 10.9 Å². The second kappa shape index (κ2) is 3.26. The first kappa shape index (κ1) is 9.26. The number of fused-ring (bicyclic) bond motifs is 1. The van der Waals surface area contributed by atoms with Crippen LogP contribution in [0, 0.1) is 5.92 Å². The van der Waals surface area contributed by atoms with E-state index in [0.29, 0.717) is 11.6 Å². The molecule has 2 aromatic heterocycles. The maximum Gasteiger partial charge on any atom is 0.374 e. The predicted octanol–water partition coefficient (Wildman–Crippen LogP) is 0.934. The lowest BCUT2D eigenvalue weighted by Crippen LogP contribution is -2.07. The van der Waals surface area contributed by atoms with Crippen molar-refractivity contribution in [1.29, 1.82) is 0 Å². The van der Waals surface area contributed by atoms with Crippen molar-refractivity contribution >= 4 is 17.0 Å². The van der Waals surface area contributed by atoms with Crippen LogP contribution in [0.25, 0.3) is 11.0 Å². The summed E-state index contributed by atoms with van der Waals surface area (Å²) >= 11 is 0. The predicted molar refractivity (Wildman–Crippen MR) is 55.0 cm³/mol. The van der Waals surface area contributed by atoms with Gasteiger partial charge in [-0.2, -0.15) is 5.10 Å². The first-order chi connectivity index (χ1) is 7.74. The van der Waals surface area contributed by atoms with E-state index >= 15 is 0 Å². The molecule has 0 atom stereocenters. The van der Waals surface area contributed by atoms with Crippen LogP contribution in [-0.4, -0.2) is 30.8 Å². The molecule has 0 amide bonds. The lowest BCUT2D eigenvalue weighted by atomic mass is 10.4. The zero-order valence-corrected chi connectivity index (χ0v) is 8.50. The van der Waals surface area contributed by atoms with Gasteiger partial charge < -0.3 is 5.11 Å². The van der Waals surface area contributed by atoms with Crippen LogP contribution in [0.1, 0.15) is 23.5 Å². The first-order valence-corrected chi connectivity index (χ1v) is 5.16. The quantitative estimate of drug-likeness (QED) is 0.828. The Morgan fingerprint density at radius 1 is 1.50 bits per heavy atom. The summed E-state index contributed by atoms with van der Waals surface area (Å²) in [5.74, 6) is -0.613. The zero-order valence-electron chi connectivity index (χ0n) is 8.50. The van der Waals surface area contributed by atoms with Crippen LogP contribution >= 0.6 is 0 Å². The van der Waals surface area contributed by atoms with Gasteiger partial charge in [0.05, 0.1) is 11.6 Å². The van der Waals surface area contributed by atoms with Gasteiger partial charge in [0.15, 0.2) is 5.65 Å². The lowest BCUT2D eigenvalue weighted by Gasteiger charge is -2.00. The molecule has 2 heterocycles. The third kappa shape index (κ3) is 1.52. The van der Waals surface area contributed by atoms with Gasteiger partial charge in [0.25, 0.3) is 0 Å². The third-order valence-corrected chi connectivity index (χ3v) is 2.70. The normalized spacial score (nSPS) is 15.5. The van der Waals surface area contributed by atoms with Crippen LogP contribution in [0.4, 0.5) is 0 Å². The summed E-state index contributed by atoms with van der Waals surface area (Å²) in [4.78, 5) is 18.5. The molecule has 0 saturated heterocycles. The number of aromatic nitrogens is 4. The number of carboxylic acids is 1. The molecule has 6 nitrogen and oxygen atoms in total. The number of aromatic carboxylic acids is 1. The van der Waals surface area contributed by atoms with Crippen molar-refractivity contribution < 1.29 is 9.90 Å². The Labute approximate surface area is 90.9 Å². The minimum absolute atomic E-state index is 0.176. The molecule has 0 unspecified atom stereocenters. The standard InChI is InChI=1S/C10H10N4O2/c15-10(16)8-11-3-7-4-12-14(9(7)13-8)5-6-1-2-6/h3-4,6H,1-2,5H2,(H,15,16). The van der Waals surface area contributed by atoms with Crippen LogP contribution < -0.4 is 0 Å². The lowest BCUT2D eigenvalue weighted by molar-refractivity contribution is 0.0684. The Morgan fingerprint density at radius 3 is 3.00 bits per heavy atom. The van der Waals surface area contributed by atoms with Crippen LogP contribution in [0.2, 0.25) is 0 Å². The highest BCUT2D eigenvalue weighted by atomic mass is 16.4. The van der Waals surface area contributed by atoms with Crippen molar-refractivity contribution in [3.05, 3.63) is 18.2 Å². The summed E-state index contributed by atoms with van der Waals surface area (Å²) in [7, 11) is 0. The Morgan fingerprint density at radius 2 is 2.31 bits per heavy atom. The summed E-state index contributed by atoms with van der Waals surface area (Å²) in [6.07, 6.45) is 5.61. The molecular weight excluding hydrogens is 208 g/mol. The highest BCUT2D eigenvalue weighted by Crippen LogP contribution is 2.31. The summed E-state index contributed by atoms with van der Waals surface area (Å²) in [6.45, 7) is 0.819. The van der Waals surface area contributed by atoms with E-state index in [4.69, 9.17) is 5.11 Å². The fraction of sp³-hybridized carbons (Fsp3) is 0.400. The van der Waals surface area contributed by atoms with Gasteiger partial charge in [-0.3, -0.25) is 0 Å². The van der Waals surface area contributed by atoms with Crippen LogP contribution in [-0.2, 0) is 6.54 Å². The maximum absolute atomic E-state index is 10.8. The Bertz CT molecular complexity index is 559. The summed E-state index contributed by atoms with van der Waals surface area (Å²) in [5, 5.41) is 13.8. The summed E-state index contributed by atoms with van der Waals surface area (Å²) in [6, 6.07) is 0. The van der Waals surface area contributed by atoms with E-state index < -0.39 is 5.97 Å². The first-order valence-electron chi connectivity index (χ1n) is 5.16. The van der Waals surface area contributed by atoms with E-state index in [0.717, 1.165) is 11.9 Å². The smallest absolute Gasteiger partial charge is 0.374 e. The van der Waals surface area contributed by atoms with Gasteiger partial charge in [-0.15, -0.1) is 0 Å². The van der Waals surface area contributed by atoms with E-state index in [1.807, 2.05) is 0 Å². The maximum atomic E-state index is 10.8. The molecule has 3 rings (SSSR count). The van der Waals surface area contributed by atoms with Gasteiger partial charge >= 0.3 is 5.97 Å². The molecule has 0 bridgehead atoms. The SMILES string of the molecule is O=C(O)c1ncc2cnn(CC3CC3)c2n1. The van der Waals surface area contributed by atoms with Gasteiger partial charge in [0.2, 0.25) is 5.82 Å². The fourth-order valence-corrected chi connectivity index (χ4v) is 1.65. The Balaban J connectivity index is 2.07. The molecule has 1 aliphatic rings. The van der Waals surface area contributed by atoms with Crippen molar-refractivity contribution in [2.75, 3.05) is 0 Å². The second-order valence-corrected chi connectivity index (χ2v) is 4.05. The second-order valence-electron chi connectivity index (χ2n) is 4.05. The zero-order chi connectivity index (χ0) is 11.1. The molecule has 6 heteroatoms. The molecule has 1 aliphatic carbocycles. The molecule has 1 fully saturated rings. The summed E-state index contributed by atoms with van der Waals surface area (Å²) in [5.41, 5.74) is 0.610. The van der Waals surface area contributed by atoms with E-state index in [1.165, 1.54) is 19.0 Å². The molecule has 1 saturated carbocycles. The van der Waals surface area contributed by atoms with Crippen LogP contribution in [0.15, 0.2) is 12.4 Å². The average molecular weight is 218 g/mol. The topological polar surface area (TPSA) is 80.9 Å². The van der Waals surface area contributed by atoms with Crippen LogP contribution in [0.3, 0.4) is 0 Å². The van der Waals surface area contributed by atoms with Crippen molar-refractivity contribution in [2.45, 2.75) is 19.4 Å². The number of carbonyl (C=O) groups is 1. The minimum Gasteiger partial charge on any atom is -0.475 e. The fourth-order valence-electron chi connectivity index (χ4n) is 1.65. The number of nitrogens with zero attached hydrogens (tertiary/aromatic N) is 4. The largest absolute Gasteiger partial charge is 0.475 e. The molecule has 2 aromatic rings. The third-order valence-electron chi connectivity index (χ3n) is 2.70. The molecule has 0 aliphatic heterocycles. The summed E-state index contributed by atoms with van der Waals surface area (Å²) < 4.78 is 1.76. The highest BCUT2D eigenvalue weighted by Gasteiger charge is 2.23. The van der Waals surface area contributed by atoms with Crippen LogP contribution in [0.5, 0.6) is 0 Å². The Hall–Kier alpha value is -1.98. The number of hydrogen-bond donors (Lipinski definition) is 1. The highest BCUT2D eigenvalue weighted by molar-refractivity contribution is 5.86. The Kier molecular flexibility index (Phi) is 1.89. The van der Waals surface area contributed by atoms with Crippen molar-refractivity contribution in [1.82, 2.24) is 19.7 Å². The van der Waals surface area contributed by atoms with E-state index in [9.17, 15) is 4.79 Å². The molecule has 0 radical (unpaired) electrons. The van der Waals surface area contributed by atoms with Gasteiger partial charge in [-0.25, -0.2) is 19.4 Å². The van der Waals surface area contributed by atoms with E-state index in [2.05, 4.69) is 15.1 Å². The van der Waals surface area contributed by atoms with E-state index in [-0.39, 0.29) is 5.82 Å². The number of hydrogen-bond acceptors (Lipinski definition) is 4. The molecule has 82 valence electrons. The van der Waals surface area contributed by atoms with Crippen molar-refractivity contribution in [2.24, 2.45) is 5.92 Å². The number of carboxylic acid groups (broad SMARTS) is 1. The van der Waals surface area contributed by atoms with Gasteiger partial charge in [-0.05, 0) is 18.8 Å². The monoisotopic (exact) mass is 218 g/mol. The van der Waals surface area contributed by atoms with Gasteiger partial charge in [0.1, 0.15) is 0 Å². The van der Waals surface area contributed by atoms with Crippen molar-refractivity contribution in [3.8, 4) is 0 Å². The minimum atomic E-state index is -1.11. The van der Waals surface area contributed by atoms with Gasteiger partial charge in [-0.1, -0.05) is 0 Å². The molecule has 16 heavy (non-hydrogen) atoms. The molecule has 1 N–H and O–H groups in total. The van der Waals surface area contributed by atoms with Crippen molar-refractivity contribution in [3.63, 3.8) is 0 Å². The molecule has 0 spiro atoms. The average Bonchev–Trinajstić information content (AvgIpc) is 2.99. The molecule has 0 aromatic carbocycles. The number of rotatable bonds is 3. The van der Waals surface area contributed by atoms with Gasteiger partial charge in [0, 0.05) is 12.7 Å².